The highest BCUT2D eigenvalue weighted by molar-refractivity contribution is 5.55. The molecule has 0 unspecified atom stereocenters. The molecule has 0 aliphatic heterocycles. The summed E-state index contributed by atoms with van der Waals surface area (Å²) in [6, 6.07) is 19.7. The van der Waals surface area contributed by atoms with E-state index in [1.807, 2.05) is 60.7 Å². The Morgan fingerprint density at radius 1 is 0.789 bits per heavy atom. The molecule has 0 spiro atoms. The van der Waals surface area contributed by atoms with E-state index in [1.54, 1.807) is 0 Å². The van der Waals surface area contributed by atoms with Crippen molar-refractivity contribution in [2.45, 2.75) is 0 Å². The lowest BCUT2D eigenvalue weighted by Crippen LogP contribution is -2.08. The molecule has 0 amide bonds. The second kappa shape index (κ2) is 5.22. The van der Waals surface area contributed by atoms with Crippen LogP contribution in [0.2, 0.25) is 0 Å². The zero-order chi connectivity index (χ0) is 12.9. The largest absolute Gasteiger partial charge is 0.340 e. The van der Waals surface area contributed by atoms with Gasteiger partial charge in [0.25, 0.3) is 0 Å². The van der Waals surface area contributed by atoms with Crippen LogP contribution in [0.25, 0.3) is 11.4 Å². The Balaban J connectivity index is 1.69. The Morgan fingerprint density at radius 3 is 2.21 bits per heavy atom. The highest BCUT2D eigenvalue weighted by Gasteiger charge is 2.07. The molecule has 1 heterocycles. The number of anilines is 2. The average Bonchev–Trinajstić information content (AvgIpc) is 2.96. The third kappa shape index (κ3) is 2.71. The zero-order valence-corrected chi connectivity index (χ0v) is 10.1. The molecule has 2 N–H and O–H groups in total. The minimum atomic E-state index is 0.322. The molecule has 3 rings (SSSR count). The Bertz CT molecular complexity index is 637. The maximum atomic E-state index is 5.11. The summed E-state index contributed by atoms with van der Waals surface area (Å²) in [7, 11) is 0. The van der Waals surface area contributed by atoms with E-state index in [4.69, 9.17) is 4.52 Å². The van der Waals surface area contributed by atoms with E-state index >= 15 is 0 Å². The molecule has 5 nitrogen and oxygen atoms in total. The first kappa shape index (κ1) is 11.3. The first-order chi connectivity index (χ1) is 9.42. The van der Waals surface area contributed by atoms with Gasteiger partial charge in [-0.2, -0.15) is 4.98 Å². The number of rotatable bonds is 4. The maximum Gasteiger partial charge on any atom is 0.340 e. The fourth-order valence-electron chi connectivity index (χ4n) is 1.63. The van der Waals surface area contributed by atoms with Crippen molar-refractivity contribution in [1.29, 1.82) is 0 Å². The van der Waals surface area contributed by atoms with Crippen LogP contribution in [0.15, 0.2) is 65.2 Å². The monoisotopic (exact) mass is 252 g/mol. The predicted molar refractivity (Wildman–Crippen MR) is 73.4 cm³/mol. The highest BCUT2D eigenvalue weighted by Crippen LogP contribution is 2.17. The molecule has 94 valence electrons. The van der Waals surface area contributed by atoms with Gasteiger partial charge in [-0.25, -0.2) is 0 Å². The summed E-state index contributed by atoms with van der Waals surface area (Å²) in [6.07, 6.45) is 0. The number of nitrogens with one attached hydrogen (secondary N) is 2. The molecule has 0 saturated carbocycles. The fourth-order valence-corrected chi connectivity index (χ4v) is 1.63. The van der Waals surface area contributed by atoms with Crippen molar-refractivity contribution in [1.82, 2.24) is 10.1 Å². The first-order valence-corrected chi connectivity index (χ1v) is 5.88. The van der Waals surface area contributed by atoms with E-state index in [1.165, 1.54) is 0 Å². The van der Waals surface area contributed by atoms with E-state index in [9.17, 15) is 0 Å². The summed E-state index contributed by atoms with van der Waals surface area (Å²) in [5, 5.41) is 3.91. The molecule has 5 heteroatoms. The molecule has 1 aromatic heterocycles. The smallest absolute Gasteiger partial charge is 0.313 e. The van der Waals surface area contributed by atoms with Crippen molar-refractivity contribution >= 4 is 11.7 Å². The summed E-state index contributed by atoms with van der Waals surface area (Å²) < 4.78 is 5.11. The number of hydrogen-bond donors (Lipinski definition) is 2. The maximum absolute atomic E-state index is 5.11. The Hall–Kier alpha value is -2.82. The quantitative estimate of drug-likeness (QED) is 0.698. The van der Waals surface area contributed by atoms with Crippen LogP contribution in [0.5, 0.6) is 0 Å². The van der Waals surface area contributed by atoms with Crippen molar-refractivity contribution in [3.05, 3.63) is 60.7 Å². The van der Waals surface area contributed by atoms with Crippen LogP contribution in [0.1, 0.15) is 0 Å². The molecular formula is C14H12N4O. The van der Waals surface area contributed by atoms with Gasteiger partial charge in [-0.3, -0.25) is 10.9 Å². The van der Waals surface area contributed by atoms with Gasteiger partial charge in [0.15, 0.2) is 0 Å². The van der Waals surface area contributed by atoms with Crippen LogP contribution in [-0.4, -0.2) is 10.1 Å². The third-order valence-corrected chi connectivity index (χ3v) is 2.55. The van der Waals surface area contributed by atoms with Gasteiger partial charge in [-0.1, -0.05) is 53.7 Å². The topological polar surface area (TPSA) is 63.0 Å². The highest BCUT2D eigenvalue weighted by atomic mass is 16.5. The summed E-state index contributed by atoms with van der Waals surface area (Å²) in [4.78, 5) is 4.24. The lowest BCUT2D eigenvalue weighted by Gasteiger charge is -2.03. The molecule has 2 aromatic carbocycles. The van der Waals surface area contributed by atoms with Gasteiger partial charge in [0.05, 0.1) is 5.69 Å². The summed E-state index contributed by atoms with van der Waals surface area (Å²) in [6.45, 7) is 0. The van der Waals surface area contributed by atoms with E-state index in [2.05, 4.69) is 21.0 Å². The van der Waals surface area contributed by atoms with Crippen LogP contribution in [-0.2, 0) is 0 Å². The SMILES string of the molecule is c1ccc(NNc2nc(-c3ccccc3)no2)cc1. The summed E-state index contributed by atoms with van der Waals surface area (Å²) >= 11 is 0. The molecule has 3 aromatic rings. The van der Waals surface area contributed by atoms with Crippen molar-refractivity contribution in [2.24, 2.45) is 0 Å². The van der Waals surface area contributed by atoms with Crippen molar-refractivity contribution < 1.29 is 4.52 Å². The molecule has 0 aliphatic carbocycles. The zero-order valence-electron chi connectivity index (χ0n) is 10.1. The third-order valence-electron chi connectivity index (χ3n) is 2.55. The lowest BCUT2D eigenvalue weighted by atomic mass is 10.2. The minimum absolute atomic E-state index is 0.322. The van der Waals surface area contributed by atoms with Gasteiger partial charge >= 0.3 is 6.01 Å². The molecule has 0 aliphatic rings. The summed E-state index contributed by atoms with van der Waals surface area (Å²) in [5.41, 5.74) is 7.67. The lowest BCUT2D eigenvalue weighted by molar-refractivity contribution is 0.434. The van der Waals surface area contributed by atoms with Crippen LogP contribution in [0, 0.1) is 0 Å². The molecule has 0 radical (unpaired) electrons. The Kier molecular flexibility index (Phi) is 3.10. The van der Waals surface area contributed by atoms with E-state index in [0.29, 0.717) is 11.8 Å². The van der Waals surface area contributed by atoms with Gasteiger partial charge in [-0.05, 0) is 12.1 Å². The van der Waals surface area contributed by atoms with Gasteiger partial charge in [-0.15, -0.1) is 0 Å². The van der Waals surface area contributed by atoms with Gasteiger partial charge in [0, 0.05) is 5.56 Å². The van der Waals surface area contributed by atoms with E-state index < -0.39 is 0 Å². The number of hydrogen-bond acceptors (Lipinski definition) is 5. The van der Waals surface area contributed by atoms with E-state index in [0.717, 1.165) is 11.3 Å². The first-order valence-electron chi connectivity index (χ1n) is 5.88. The van der Waals surface area contributed by atoms with Crippen molar-refractivity contribution in [3.8, 4) is 11.4 Å². The Labute approximate surface area is 110 Å². The molecule has 19 heavy (non-hydrogen) atoms. The summed E-state index contributed by atoms with van der Waals surface area (Å²) in [5.74, 6) is 0.554. The van der Waals surface area contributed by atoms with Crippen LogP contribution in [0.3, 0.4) is 0 Å². The standard InChI is InChI=1S/C14H12N4O/c1-3-7-11(8-4-1)13-15-14(19-18-13)17-16-12-9-5-2-6-10-12/h1-10,16H,(H,15,17,18). The van der Waals surface area contributed by atoms with Crippen LogP contribution in [0.4, 0.5) is 11.7 Å². The number of para-hydroxylation sites is 1. The molecule has 0 saturated heterocycles. The second-order valence-corrected chi connectivity index (χ2v) is 3.91. The number of benzene rings is 2. The van der Waals surface area contributed by atoms with Gasteiger partial charge in [0.2, 0.25) is 5.82 Å². The second-order valence-electron chi connectivity index (χ2n) is 3.91. The molecule has 0 atom stereocenters. The molecule has 0 bridgehead atoms. The molecule has 0 fully saturated rings. The minimum Gasteiger partial charge on any atom is -0.313 e. The molecular weight excluding hydrogens is 240 g/mol. The fraction of sp³-hybridized carbons (Fsp3) is 0. The Morgan fingerprint density at radius 2 is 1.47 bits per heavy atom. The van der Waals surface area contributed by atoms with Gasteiger partial charge < -0.3 is 4.52 Å². The van der Waals surface area contributed by atoms with Crippen LogP contribution >= 0.6 is 0 Å². The van der Waals surface area contributed by atoms with Gasteiger partial charge in [0.1, 0.15) is 0 Å². The predicted octanol–water partition coefficient (Wildman–Crippen LogP) is 3.18. The number of aromatic nitrogens is 2. The number of nitrogens with zero attached hydrogens (tertiary/aromatic N) is 2. The normalized spacial score (nSPS) is 10.1. The van der Waals surface area contributed by atoms with Crippen LogP contribution < -0.4 is 10.9 Å². The van der Waals surface area contributed by atoms with Crippen molar-refractivity contribution in [3.63, 3.8) is 0 Å². The van der Waals surface area contributed by atoms with E-state index in [-0.39, 0.29) is 0 Å². The average molecular weight is 252 g/mol. The number of hydrazine groups is 1. The van der Waals surface area contributed by atoms with Crippen molar-refractivity contribution in [2.75, 3.05) is 10.9 Å².